The first kappa shape index (κ1) is 20.2. The van der Waals surface area contributed by atoms with Crippen molar-refractivity contribution in [1.82, 2.24) is 14.5 Å². The Balaban J connectivity index is 2.07. The maximum atomic E-state index is 12.8. The van der Waals surface area contributed by atoms with Gasteiger partial charge in [0.2, 0.25) is 0 Å². The average molecular weight is 494 g/mol. The predicted molar refractivity (Wildman–Crippen MR) is 125 cm³/mol. The summed E-state index contributed by atoms with van der Waals surface area (Å²) < 4.78 is 2.82. The third-order valence-corrected chi connectivity index (χ3v) is 5.78. The van der Waals surface area contributed by atoms with Crippen molar-refractivity contribution in [2.24, 2.45) is 0 Å². The van der Waals surface area contributed by atoms with Gasteiger partial charge in [-0.25, -0.2) is 9.97 Å². The normalized spacial score (nSPS) is 11.1. The summed E-state index contributed by atoms with van der Waals surface area (Å²) >= 11 is 2.24. The number of anilines is 1. The first-order chi connectivity index (χ1) is 12.9. The zero-order valence-electron chi connectivity index (χ0n) is 15.9. The summed E-state index contributed by atoms with van der Waals surface area (Å²) in [5.41, 5.74) is 0.992. The first-order valence-electron chi connectivity index (χ1n) is 9.05. The molecular formula is C20H24IN4OP. The zero-order chi connectivity index (χ0) is 19.6. The molecule has 3 aromatic rings. The fraction of sp³-hybridized carbons (Fsp3) is 0.350. The van der Waals surface area contributed by atoms with E-state index in [9.17, 15) is 4.79 Å². The third-order valence-electron chi connectivity index (χ3n) is 4.54. The van der Waals surface area contributed by atoms with Crippen LogP contribution >= 0.6 is 31.8 Å². The van der Waals surface area contributed by atoms with Crippen LogP contribution < -0.4 is 15.8 Å². The highest BCUT2D eigenvalue weighted by atomic mass is 127. The van der Waals surface area contributed by atoms with E-state index in [1.807, 2.05) is 54.2 Å². The van der Waals surface area contributed by atoms with Gasteiger partial charge in [-0.1, -0.05) is 19.8 Å². The molecular weight excluding hydrogens is 470 g/mol. The number of aryl methyl sites for hydroxylation is 1. The number of fused-ring (bicyclic) bond motifs is 1. The molecule has 0 bridgehead atoms. The lowest BCUT2D eigenvalue weighted by molar-refractivity contribution is 0.590. The summed E-state index contributed by atoms with van der Waals surface area (Å²) in [6.45, 7) is 2.93. The van der Waals surface area contributed by atoms with Crippen LogP contribution in [0.25, 0.3) is 22.2 Å². The number of nitrogens with zero attached hydrogens (tertiary/aromatic N) is 4. The van der Waals surface area contributed by atoms with Crippen molar-refractivity contribution in [3.05, 3.63) is 44.5 Å². The van der Waals surface area contributed by atoms with Crippen molar-refractivity contribution in [2.75, 3.05) is 19.0 Å². The van der Waals surface area contributed by atoms with Gasteiger partial charge in [-0.2, -0.15) is 0 Å². The maximum Gasteiger partial charge on any atom is 0.258 e. The number of aromatic nitrogens is 3. The van der Waals surface area contributed by atoms with E-state index < -0.39 is 0 Å². The molecule has 2 heterocycles. The summed E-state index contributed by atoms with van der Waals surface area (Å²) in [5, 5.41) is 2.58. The summed E-state index contributed by atoms with van der Waals surface area (Å²) in [6, 6.07) is 5.96. The van der Waals surface area contributed by atoms with E-state index in [-0.39, 0.29) is 5.56 Å². The van der Waals surface area contributed by atoms with E-state index in [4.69, 9.17) is 4.98 Å². The Bertz CT molecular complexity index is 1030. The lowest BCUT2D eigenvalue weighted by Crippen LogP contribution is -2.20. The minimum Gasteiger partial charge on any atom is -0.362 e. The van der Waals surface area contributed by atoms with E-state index in [1.165, 1.54) is 0 Å². The average Bonchev–Trinajstić information content (AvgIpc) is 2.64. The van der Waals surface area contributed by atoms with Crippen molar-refractivity contribution >= 4 is 53.7 Å². The van der Waals surface area contributed by atoms with Gasteiger partial charge in [0.1, 0.15) is 5.82 Å². The second-order valence-electron chi connectivity index (χ2n) is 6.81. The topological polar surface area (TPSA) is 51.0 Å². The molecule has 5 nitrogen and oxygen atoms in total. The third kappa shape index (κ3) is 4.32. The van der Waals surface area contributed by atoms with Crippen molar-refractivity contribution in [3.8, 4) is 11.4 Å². The van der Waals surface area contributed by atoms with Gasteiger partial charge < -0.3 is 9.47 Å². The van der Waals surface area contributed by atoms with E-state index in [1.54, 1.807) is 0 Å². The van der Waals surface area contributed by atoms with Gasteiger partial charge in [-0.05, 0) is 57.9 Å². The number of pyridine rings is 1. The molecule has 0 fully saturated rings. The molecule has 1 aromatic carbocycles. The fourth-order valence-electron chi connectivity index (χ4n) is 3.05. The highest BCUT2D eigenvalue weighted by molar-refractivity contribution is 14.1. The molecule has 142 valence electrons. The second-order valence-corrected chi connectivity index (χ2v) is 8.59. The van der Waals surface area contributed by atoms with E-state index in [0.29, 0.717) is 5.82 Å². The van der Waals surface area contributed by atoms with Crippen LogP contribution in [-0.4, -0.2) is 28.6 Å². The molecule has 0 spiro atoms. The minimum absolute atomic E-state index is 0.0661. The largest absolute Gasteiger partial charge is 0.362 e. The Hall–Kier alpha value is -1.53. The number of unbranched alkanes of at least 4 members (excludes halogenated alkanes) is 2. The van der Waals surface area contributed by atoms with Gasteiger partial charge in [0.25, 0.3) is 5.56 Å². The lowest BCUT2D eigenvalue weighted by atomic mass is 10.1. The molecule has 0 radical (unpaired) electrons. The summed E-state index contributed by atoms with van der Waals surface area (Å²) in [5.74, 6) is 1.55. The van der Waals surface area contributed by atoms with Gasteiger partial charge >= 0.3 is 0 Å². The molecule has 27 heavy (non-hydrogen) atoms. The van der Waals surface area contributed by atoms with Crippen LogP contribution in [0.4, 0.5) is 5.82 Å². The Kier molecular flexibility index (Phi) is 6.48. The molecule has 0 aliphatic carbocycles. The highest BCUT2D eigenvalue weighted by Gasteiger charge is 2.13. The molecule has 7 heteroatoms. The van der Waals surface area contributed by atoms with Crippen LogP contribution in [0.5, 0.6) is 0 Å². The standard InChI is InChI=1S/C20H24IN4OP/c1-4-5-6-8-25-9-7-13-10-15(17(27)11-14(13)20(25)26)18-22-12-16(21)19(23-18)24(2)3/h7,9-12H,4-6,8,27H2,1-3H3. The Morgan fingerprint density at radius 1 is 1.26 bits per heavy atom. The summed E-state index contributed by atoms with van der Waals surface area (Å²) in [4.78, 5) is 24.0. The zero-order valence-corrected chi connectivity index (χ0v) is 19.2. The van der Waals surface area contributed by atoms with Crippen LogP contribution in [-0.2, 0) is 6.54 Å². The van der Waals surface area contributed by atoms with Crippen molar-refractivity contribution in [2.45, 2.75) is 32.7 Å². The Morgan fingerprint density at radius 2 is 2.04 bits per heavy atom. The molecule has 0 aliphatic heterocycles. The number of halogens is 1. The van der Waals surface area contributed by atoms with Crippen LogP contribution in [0.3, 0.4) is 0 Å². The van der Waals surface area contributed by atoms with Crippen molar-refractivity contribution in [1.29, 1.82) is 0 Å². The number of hydrogen-bond donors (Lipinski definition) is 0. The minimum atomic E-state index is 0.0661. The molecule has 0 N–H and O–H groups in total. The first-order valence-corrected chi connectivity index (χ1v) is 10.7. The summed E-state index contributed by atoms with van der Waals surface area (Å²) in [7, 11) is 6.66. The molecule has 2 aromatic heterocycles. The predicted octanol–water partition coefficient (Wildman–Crippen LogP) is 3.82. The van der Waals surface area contributed by atoms with Gasteiger partial charge in [0, 0.05) is 44.0 Å². The smallest absolute Gasteiger partial charge is 0.258 e. The number of benzene rings is 1. The van der Waals surface area contributed by atoms with Gasteiger partial charge in [0.15, 0.2) is 5.82 Å². The van der Waals surface area contributed by atoms with E-state index >= 15 is 0 Å². The van der Waals surface area contributed by atoms with Gasteiger partial charge in [-0.15, -0.1) is 9.24 Å². The van der Waals surface area contributed by atoms with Crippen molar-refractivity contribution in [3.63, 3.8) is 0 Å². The van der Waals surface area contributed by atoms with Crippen LogP contribution in [0.15, 0.2) is 35.4 Å². The SMILES string of the molecule is CCCCCn1ccc2cc(-c3ncc(I)c(N(C)C)n3)c(P)cc2c1=O. The monoisotopic (exact) mass is 494 g/mol. The fourth-order valence-corrected chi connectivity index (χ4v) is 4.17. The van der Waals surface area contributed by atoms with Gasteiger partial charge in [0.05, 0.1) is 3.57 Å². The molecule has 1 atom stereocenters. The molecule has 1 unspecified atom stereocenters. The number of rotatable bonds is 6. The van der Waals surface area contributed by atoms with E-state index in [0.717, 1.165) is 56.8 Å². The van der Waals surface area contributed by atoms with Gasteiger partial charge in [-0.3, -0.25) is 4.79 Å². The van der Waals surface area contributed by atoms with Crippen LogP contribution in [0, 0.1) is 3.57 Å². The molecule has 0 saturated carbocycles. The highest BCUT2D eigenvalue weighted by Crippen LogP contribution is 2.24. The van der Waals surface area contributed by atoms with Crippen LogP contribution in [0.1, 0.15) is 26.2 Å². The molecule has 0 amide bonds. The Labute approximate surface area is 175 Å². The lowest BCUT2D eigenvalue weighted by Gasteiger charge is -2.15. The quantitative estimate of drug-likeness (QED) is 0.297. The summed E-state index contributed by atoms with van der Waals surface area (Å²) in [6.07, 6.45) is 7.03. The van der Waals surface area contributed by atoms with Crippen molar-refractivity contribution < 1.29 is 0 Å². The maximum absolute atomic E-state index is 12.8. The Morgan fingerprint density at radius 3 is 2.74 bits per heavy atom. The van der Waals surface area contributed by atoms with E-state index in [2.05, 4.69) is 43.7 Å². The molecule has 3 rings (SSSR count). The van der Waals surface area contributed by atoms with Crippen LogP contribution in [0.2, 0.25) is 0 Å². The molecule has 0 aliphatic rings. The number of hydrogen-bond acceptors (Lipinski definition) is 4. The molecule has 0 saturated heterocycles. The second kappa shape index (κ2) is 8.65.